The molecule has 7 heteroatoms. The van der Waals surface area contributed by atoms with E-state index >= 15 is 0 Å². The van der Waals surface area contributed by atoms with Gasteiger partial charge in [0.15, 0.2) is 11.5 Å². The maximum absolute atomic E-state index is 12.5. The highest BCUT2D eigenvalue weighted by molar-refractivity contribution is 14.1. The average Bonchev–Trinajstić information content (AvgIpc) is 2.64. The summed E-state index contributed by atoms with van der Waals surface area (Å²) in [7, 11) is 0. The Morgan fingerprint density at radius 1 is 1.15 bits per heavy atom. The van der Waals surface area contributed by atoms with Crippen molar-refractivity contribution in [3.63, 3.8) is 0 Å². The van der Waals surface area contributed by atoms with Gasteiger partial charge in [0.1, 0.15) is 11.6 Å². The second kappa shape index (κ2) is 10.5. The number of nitrogens with zero attached hydrogens (tertiary/aromatic N) is 1. The number of hydrogen-bond donors (Lipinski definition) is 1. The Labute approximate surface area is 186 Å². The standard InChI is InChI=1S/C20H18I2N2O3/c1-3-26-18-11-13(10-16(22)19(18)27-4-2)9-14(12-23)20(25)24-17-8-6-5-7-15(17)21/h5-11H,3-4H2,1-2H3,(H,24,25)/b14-9+. The van der Waals surface area contributed by atoms with Crippen LogP contribution < -0.4 is 14.8 Å². The topological polar surface area (TPSA) is 71.3 Å². The molecular weight excluding hydrogens is 570 g/mol. The lowest BCUT2D eigenvalue weighted by Crippen LogP contribution is -2.14. The van der Waals surface area contributed by atoms with Crippen molar-refractivity contribution in [1.82, 2.24) is 0 Å². The third-order valence-electron chi connectivity index (χ3n) is 3.42. The zero-order valence-corrected chi connectivity index (χ0v) is 19.2. The molecule has 0 bridgehead atoms. The highest BCUT2D eigenvalue weighted by Gasteiger charge is 2.14. The molecule has 0 saturated heterocycles. The SMILES string of the molecule is CCOc1cc(/C=C(\C#N)C(=O)Nc2ccccc2I)cc(I)c1OCC. The molecule has 0 atom stereocenters. The summed E-state index contributed by atoms with van der Waals surface area (Å²) in [6.45, 7) is 4.80. The summed E-state index contributed by atoms with van der Waals surface area (Å²) in [5.74, 6) is 0.801. The predicted octanol–water partition coefficient (Wildman–Crippen LogP) is 5.24. The summed E-state index contributed by atoms with van der Waals surface area (Å²) in [5.41, 5.74) is 1.37. The van der Waals surface area contributed by atoms with Gasteiger partial charge in [-0.15, -0.1) is 0 Å². The zero-order valence-electron chi connectivity index (χ0n) is 14.9. The summed E-state index contributed by atoms with van der Waals surface area (Å²) in [6.07, 6.45) is 1.55. The Morgan fingerprint density at radius 3 is 2.48 bits per heavy atom. The molecule has 0 heterocycles. The number of nitriles is 1. The molecule has 2 rings (SSSR count). The van der Waals surface area contributed by atoms with Gasteiger partial charge in [0.05, 0.1) is 22.5 Å². The minimum Gasteiger partial charge on any atom is -0.490 e. The number of carbonyl (C=O) groups excluding carboxylic acids is 1. The lowest BCUT2D eigenvalue weighted by molar-refractivity contribution is -0.112. The van der Waals surface area contributed by atoms with Crippen LogP contribution in [-0.2, 0) is 4.79 Å². The fourth-order valence-corrected chi connectivity index (χ4v) is 3.59. The van der Waals surface area contributed by atoms with E-state index in [1.165, 1.54) is 0 Å². The number of para-hydroxylation sites is 1. The quantitative estimate of drug-likeness (QED) is 0.273. The Bertz CT molecular complexity index is 905. The minimum absolute atomic E-state index is 0.0112. The molecular formula is C20H18I2N2O3. The number of benzene rings is 2. The third-order valence-corrected chi connectivity index (χ3v) is 5.16. The van der Waals surface area contributed by atoms with Crippen LogP contribution in [-0.4, -0.2) is 19.1 Å². The monoisotopic (exact) mass is 588 g/mol. The number of carbonyl (C=O) groups is 1. The zero-order chi connectivity index (χ0) is 19.8. The minimum atomic E-state index is -0.455. The van der Waals surface area contributed by atoms with Gasteiger partial charge in [0, 0.05) is 3.57 Å². The Kier molecular flexibility index (Phi) is 8.37. The molecule has 0 spiro atoms. The number of ether oxygens (including phenoxy) is 2. The first-order valence-corrected chi connectivity index (χ1v) is 10.4. The van der Waals surface area contributed by atoms with Crippen molar-refractivity contribution in [2.75, 3.05) is 18.5 Å². The molecule has 1 N–H and O–H groups in total. The molecule has 0 radical (unpaired) electrons. The summed E-state index contributed by atoms with van der Waals surface area (Å²) < 4.78 is 13.0. The number of nitrogens with one attached hydrogen (secondary N) is 1. The summed E-state index contributed by atoms with van der Waals surface area (Å²) in [4.78, 5) is 12.5. The number of halogens is 2. The maximum Gasteiger partial charge on any atom is 0.266 e. The van der Waals surface area contributed by atoms with E-state index in [4.69, 9.17) is 9.47 Å². The van der Waals surface area contributed by atoms with Crippen LogP contribution in [0, 0.1) is 18.5 Å². The van der Waals surface area contributed by atoms with Crippen molar-refractivity contribution in [3.05, 3.63) is 54.7 Å². The largest absolute Gasteiger partial charge is 0.490 e. The van der Waals surface area contributed by atoms with Crippen LogP contribution in [0.1, 0.15) is 19.4 Å². The van der Waals surface area contributed by atoms with Crippen LogP contribution in [0.15, 0.2) is 42.0 Å². The van der Waals surface area contributed by atoms with Crippen LogP contribution in [0.25, 0.3) is 6.08 Å². The lowest BCUT2D eigenvalue weighted by atomic mass is 10.1. The molecule has 2 aromatic carbocycles. The van der Waals surface area contributed by atoms with Gasteiger partial charge in [-0.2, -0.15) is 5.26 Å². The van der Waals surface area contributed by atoms with Crippen molar-refractivity contribution < 1.29 is 14.3 Å². The number of hydrogen-bond acceptors (Lipinski definition) is 4. The van der Waals surface area contributed by atoms with E-state index in [0.29, 0.717) is 36.0 Å². The van der Waals surface area contributed by atoms with E-state index in [1.54, 1.807) is 18.2 Å². The normalized spacial score (nSPS) is 10.9. The van der Waals surface area contributed by atoms with Crippen molar-refractivity contribution >= 4 is 62.9 Å². The first kappa shape index (κ1) is 21.5. The molecule has 0 aromatic heterocycles. The van der Waals surface area contributed by atoms with Crippen LogP contribution in [0.3, 0.4) is 0 Å². The second-order valence-corrected chi connectivity index (χ2v) is 7.62. The van der Waals surface area contributed by atoms with Crippen LogP contribution in [0.5, 0.6) is 11.5 Å². The molecule has 0 aliphatic heterocycles. The van der Waals surface area contributed by atoms with Gasteiger partial charge >= 0.3 is 0 Å². The van der Waals surface area contributed by atoms with E-state index in [-0.39, 0.29) is 5.57 Å². The summed E-state index contributed by atoms with van der Waals surface area (Å²) in [6, 6.07) is 13.0. The Balaban J connectivity index is 2.35. The van der Waals surface area contributed by atoms with E-state index in [1.807, 2.05) is 44.2 Å². The van der Waals surface area contributed by atoms with Crippen molar-refractivity contribution in [1.29, 1.82) is 5.26 Å². The molecule has 5 nitrogen and oxygen atoms in total. The number of anilines is 1. The van der Waals surface area contributed by atoms with Gasteiger partial charge in [0.25, 0.3) is 5.91 Å². The number of rotatable bonds is 7. The van der Waals surface area contributed by atoms with E-state index < -0.39 is 5.91 Å². The first-order chi connectivity index (χ1) is 13.0. The summed E-state index contributed by atoms with van der Waals surface area (Å²) >= 11 is 4.29. The lowest BCUT2D eigenvalue weighted by Gasteiger charge is -2.13. The Morgan fingerprint density at radius 2 is 1.85 bits per heavy atom. The molecule has 0 saturated carbocycles. The third kappa shape index (κ3) is 5.84. The van der Waals surface area contributed by atoms with Gasteiger partial charge in [-0.1, -0.05) is 12.1 Å². The predicted molar refractivity (Wildman–Crippen MR) is 123 cm³/mol. The van der Waals surface area contributed by atoms with Gasteiger partial charge in [-0.25, -0.2) is 0 Å². The fourth-order valence-electron chi connectivity index (χ4n) is 2.29. The van der Waals surface area contributed by atoms with E-state index in [0.717, 1.165) is 7.14 Å². The van der Waals surface area contributed by atoms with Gasteiger partial charge in [-0.3, -0.25) is 4.79 Å². The molecule has 2 aromatic rings. The number of amides is 1. The van der Waals surface area contributed by atoms with Gasteiger partial charge in [-0.05, 0) is 94.9 Å². The smallest absolute Gasteiger partial charge is 0.266 e. The summed E-state index contributed by atoms with van der Waals surface area (Å²) in [5, 5.41) is 12.2. The van der Waals surface area contributed by atoms with E-state index in [9.17, 15) is 10.1 Å². The average molecular weight is 588 g/mol. The van der Waals surface area contributed by atoms with Crippen LogP contribution >= 0.6 is 45.2 Å². The van der Waals surface area contributed by atoms with Crippen molar-refractivity contribution in [3.8, 4) is 17.6 Å². The molecule has 140 valence electrons. The van der Waals surface area contributed by atoms with Gasteiger partial charge in [0.2, 0.25) is 0 Å². The Hall–Kier alpha value is -1.80. The van der Waals surface area contributed by atoms with Crippen LogP contribution in [0.2, 0.25) is 0 Å². The molecule has 27 heavy (non-hydrogen) atoms. The highest BCUT2D eigenvalue weighted by atomic mass is 127. The molecule has 0 unspecified atom stereocenters. The molecule has 1 amide bonds. The molecule has 0 aliphatic carbocycles. The molecule has 0 aliphatic rings. The maximum atomic E-state index is 12.5. The first-order valence-electron chi connectivity index (χ1n) is 8.26. The van der Waals surface area contributed by atoms with E-state index in [2.05, 4.69) is 50.5 Å². The highest BCUT2D eigenvalue weighted by Crippen LogP contribution is 2.35. The second-order valence-electron chi connectivity index (χ2n) is 5.30. The van der Waals surface area contributed by atoms with Gasteiger partial charge < -0.3 is 14.8 Å². The van der Waals surface area contributed by atoms with Crippen molar-refractivity contribution in [2.45, 2.75) is 13.8 Å². The molecule has 0 fully saturated rings. The van der Waals surface area contributed by atoms with Crippen molar-refractivity contribution in [2.24, 2.45) is 0 Å². The fraction of sp³-hybridized carbons (Fsp3) is 0.200. The van der Waals surface area contributed by atoms with Crippen LogP contribution in [0.4, 0.5) is 5.69 Å².